The van der Waals surface area contributed by atoms with E-state index in [1.807, 2.05) is 0 Å². The van der Waals surface area contributed by atoms with Gasteiger partial charge in [0.1, 0.15) is 5.82 Å². The number of rotatable bonds is 4. The van der Waals surface area contributed by atoms with E-state index in [9.17, 15) is 4.79 Å². The van der Waals surface area contributed by atoms with Crippen LogP contribution in [0.25, 0.3) is 0 Å². The molecule has 1 fully saturated rings. The third-order valence-corrected chi connectivity index (χ3v) is 3.62. The monoisotopic (exact) mass is 236 g/mol. The second-order valence-corrected chi connectivity index (χ2v) is 4.55. The van der Waals surface area contributed by atoms with Gasteiger partial charge in [0.2, 0.25) is 0 Å². The van der Waals surface area contributed by atoms with Gasteiger partial charge < -0.3 is 15.6 Å². The van der Waals surface area contributed by atoms with Crippen LogP contribution in [0.3, 0.4) is 0 Å². The van der Waals surface area contributed by atoms with Crippen molar-refractivity contribution < 1.29 is 0 Å². The number of aromatic amines is 1. The Hall–Kier alpha value is -1.36. The van der Waals surface area contributed by atoms with Crippen molar-refractivity contribution in [1.29, 1.82) is 0 Å². The van der Waals surface area contributed by atoms with Gasteiger partial charge in [-0.15, -0.1) is 0 Å². The molecule has 0 aliphatic heterocycles. The zero-order valence-corrected chi connectivity index (χ0v) is 10.2. The van der Waals surface area contributed by atoms with E-state index in [1.54, 1.807) is 6.07 Å². The quantitative estimate of drug-likeness (QED) is 0.808. The molecule has 1 heterocycles. The highest BCUT2D eigenvalue weighted by Crippen LogP contribution is 2.31. The number of aromatic nitrogens is 2. The highest BCUT2D eigenvalue weighted by atomic mass is 16.1. The standard InChI is InChI=1S/C12H20N4O/c1-2-16(10-5-3-4-9(10)7-13)11-6-12(17)15-8-14-11/h6,8-10H,2-5,7,13H2,1H3,(H,14,15,17). The van der Waals surface area contributed by atoms with Crippen molar-refractivity contribution in [3.8, 4) is 0 Å². The molecule has 1 aromatic heterocycles. The largest absolute Gasteiger partial charge is 0.353 e. The molecule has 2 unspecified atom stereocenters. The van der Waals surface area contributed by atoms with Crippen molar-refractivity contribution in [3.05, 3.63) is 22.7 Å². The highest BCUT2D eigenvalue weighted by molar-refractivity contribution is 5.38. The molecule has 5 heteroatoms. The van der Waals surface area contributed by atoms with E-state index in [4.69, 9.17) is 5.73 Å². The second-order valence-electron chi connectivity index (χ2n) is 4.55. The first kappa shape index (κ1) is 12.1. The molecule has 2 rings (SSSR count). The molecular formula is C12H20N4O. The summed E-state index contributed by atoms with van der Waals surface area (Å²) in [5, 5.41) is 0. The number of nitrogens with one attached hydrogen (secondary N) is 1. The van der Waals surface area contributed by atoms with E-state index in [0.29, 0.717) is 18.5 Å². The van der Waals surface area contributed by atoms with Gasteiger partial charge in [-0.3, -0.25) is 4.79 Å². The first-order chi connectivity index (χ1) is 8.26. The van der Waals surface area contributed by atoms with Crippen LogP contribution in [0.1, 0.15) is 26.2 Å². The molecule has 0 bridgehead atoms. The fourth-order valence-corrected chi connectivity index (χ4v) is 2.78. The summed E-state index contributed by atoms with van der Waals surface area (Å²) in [7, 11) is 0. The van der Waals surface area contributed by atoms with Crippen molar-refractivity contribution in [2.75, 3.05) is 18.0 Å². The van der Waals surface area contributed by atoms with Gasteiger partial charge in [0.25, 0.3) is 5.56 Å². The summed E-state index contributed by atoms with van der Waals surface area (Å²) in [6.07, 6.45) is 5.00. The molecule has 0 spiro atoms. The van der Waals surface area contributed by atoms with Crippen LogP contribution in [0.4, 0.5) is 5.82 Å². The van der Waals surface area contributed by atoms with Crippen LogP contribution in [0.15, 0.2) is 17.2 Å². The second kappa shape index (κ2) is 5.31. The smallest absolute Gasteiger partial charge is 0.252 e. The summed E-state index contributed by atoms with van der Waals surface area (Å²) >= 11 is 0. The molecule has 17 heavy (non-hydrogen) atoms. The third-order valence-electron chi connectivity index (χ3n) is 3.62. The van der Waals surface area contributed by atoms with Crippen LogP contribution in [0.2, 0.25) is 0 Å². The maximum absolute atomic E-state index is 11.3. The van der Waals surface area contributed by atoms with Crippen molar-refractivity contribution in [1.82, 2.24) is 9.97 Å². The number of hydrogen-bond acceptors (Lipinski definition) is 4. The molecule has 0 amide bonds. The lowest BCUT2D eigenvalue weighted by Gasteiger charge is -2.32. The Bertz CT molecular complexity index is 417. The number of nitrogens with two attached hydrogens (primary N) is 1. The predicted octanol–water partition coefficient (Wildman–Crippen LogP) is 0.724. The Morgan fingerprint density at radius 2 is 2.41 bits per heavy atom. The predicted molar refractivity (Wildman–Crippen MR) is 68.1 cm³/mol. The zero-order valence-electron chi connectivity index (χ0n) is 10.2. The van der Waals surface area contributed by atoms with Crippen molar-refractivity contribution in [2.24, 2.45) is 11.7 Å². The lowest BCUT2D eigenvalue weighted by molar-refractivity contribution is 0.459. The summed E-state index contributed by atoms with van der Waals surface area (Å²) < 4.78 is 0. The van der Waals surface area contributed by atoms with Crippen molar-refractivity contribution >= 4 is 5.82 Å². The van der Waals surface area contributed by atoms with Crippen LogP contribution in [0.5, 0.6) is 0 Å². The SMILES string of the molecule is CCN(c1cc(=O)[nH]cn1)C1CCCC1CN. The molecule has 5 nitrogen and oxygen atoms in total. The average Bonchev–Trinajstić information content (AvgIpc) is 2.78. The normalized spacial score (nSPS) is 23.9. The maximum Gasteiger partial charge on any atom is 0.252 e. The van der Waals surface area contributed by atoms with E-state index < -0.39 is 0 Å². The molecule has 0 aromatic carbocycles. The highest BCUT2D eigenvalue weighted by Gasteiger charge is 2.31. The third kappa shape index (κ3) is 2.49. The summed E-state index contributed by atoms with van der Waals surface area (Å²) in [6.45, 7) is 3.66. The molecule has 1 aliphatic carbocycles. The van der Waals surface area contributed by atoms with E-state index in [0.717, 1.165) is 18.8 Å². The van der Waals surface area contributed by atoms with Gasteiger partial charge >= 0.3 is 0 Å². The van der Waals surface area contributed by atoms with Crippen LogP contribution < -0.4 is 16.2 Å². The number of hydrogen-bond donors (Lipinski definition) is 2. The number of anilines is 1. The van der Waals surface area contributed by atoms with Crippen molar-refractivity contribution in [2.45, 2.75) is 32.2 Å². The van der Waals surface area contributed by atoms with E-state index in [-0.39, 0.29) is 5.56 Å². The number of nitrogens with zero attached hydrogens (tertiary/aromatic N) is 2. The molecule has 0 radical (unpaired) electrons. The van der Waals surface area contributed by atoms with E-state index in [1.165, 1.54) is 19.2 Å². The minimum atomic E-state index is -0.101. The van der Waals surface area contributed by atoms with Gasteiger partial charge in [-0.05, 0) is 32.2 Å². The lowest BCUT2D eigenvalue weighted by atomic mass is 10.0. The first-order valence-corrected chi connectivity index (χ1v) is 6.27. The molecule has 3 N–H and O–H groups in total. The molecule has 94 valence electrons. The molecule has 2 atom stereocenters. The molecule has 1 aromatic rings. The topological polar surface area (TPSA) is 75.0 Å². The Balaban J connectivity index is 2.24. The summed E-state index contributed by atoms with van der Waals surface area (Å²) in [5.74, 6) is 1.29. The minimum absolute atomic E-state index is 0.101. The summed E-state index contributed by atoms with van der Waals surface area (Å²) in [6, 6.07) is 1.99. The van der Waals surface area contributed by atoms with Gasteiger partial charge in [0.15, 0.2) is 0 Å². The summed E-state index contributed by atoms with van der Waals surface area (Å²) in [4.78, 5) is 20.3. The number of H-pyrrole nitrogens is 1. The maximum atomic E-state index is 11.3. The fourth-order valence-electron chi connectivity index (χ4n) is 2.78. The van der Waals surface area contributed by atoms with Crippen molar-refractivity contribution in [3.63, 3.8) is 0 Å². The van der Waals surface area contributed by atoms with Gasteiger partial charge in [0.05, 0.1) is 6.33 Å². The van der Waals surface area contributed by atoms with E-state index in [2.05, 4.69) is 21.8 Å². The Morgan fingerprint density at radius 3 is 3.06 bits per heavy atom. The van der Waals surface area contributed by atoms with Crippen LogP contribution >= 0.6 is 0 Å². The van der Waals surface area contributed by atoms with Crippen LogP contribution in [0, 0.1) is 5.92 Å². The Morgan fingerprint density at radius 1 is 1.59 bits per heavy atom. The molecule has 1 saturated carbocycles. The first-order valence-electron chi connectivity index (χ1n) is 6.27. The molecule has 1 aliphatic rings. The summed E-state index contributed by atoms with van der Waals surface area (Å²) in [5.41, 5.74) is 5.71. The lowest BCUT2D eigenvalue weighted by Crippen LogP contribution is -2.41. The average molecular weight is 236 g/mol. The Kier molecular flexibility index (Phi) is 3.78. The van der Waals surface area contributed by atoms with Gasteiger partial charge in [-0.1, -0.05) is 6.42 Å². The van der Waals surface area contributed by atoms with Gasteiger partial charge in [-0.25, -0.2) is 4.98 Å². The van der Waals surface area contributed by atoms with Crippen LogP contribution in [-0.4, -0.2) is 29.1 Å². The molecular weight excluding hydrogens is 216 g/mol. The Labute approximate surface area is 101 Å². The zero-order chi connectivity index (χ0) is 12.3. The van der Waals surface area contributed by atoms with E-state index >= 15 is 0 Å². The fraction of sp³-hybridized carbons (Fsp3) is 0.667. The van der Waals surface area contributed by atoms with Gasteiger partial charge in [-0.2, -0.15) is 0 Å². The van der Waals surface area contributed by atoms with Crippen LogP contribution in [-0.2, 0) is 0 Å². The molecule has 0 saturated heterocycles. The minimum Gasteiger partial charge on any atom is -0.353 e. The van der Waals surface area contributed by atoms with Gasteiger partial charge in [0, 0.05) is 18.7 Å².